The van der Waals surface area contributed by atoms with Crippen LogP contribution in [-0.2, 0) is 11.2 Å². The number of hydrogen-bond acceptors (Lipinski definition) is 5. The van der Waals surface area contributed by atoms with Gasteiger partial charge in [-0.1, -0.05) is 5.16 Å². The summed E-state index contributed by atoms with van der Waals surface area (Å²) in [5, 5.41) is 6.97. The third-order valence-corrected chi connectivity index (χ3v) is 2.53. The first-order chi connectivity index (χ1) is 6.86. The van der Waals surface area contributed by atoms with E-state index < -0.39 is 0 Å². The molecule has 2 heterocycles. The highest BCUT2D eigenvalue weighted by atomic mass is 16.5. The van der Waals surface area contributed by atoms with Gasteiger partial charge in [-0.25, -0.2) is 0 Å². The Morgan fingerprint density at radius 2 is 2.57 bits per heavy atom. The molecule has 0 amide bonds. The van der Waals surface area contributed by atoms with Gasteiger partial charge in [-0.15, -0.1) is 0 Å². The Balaban J connectivity index is 1.68. The molecule has 2 unspecified atom stereocenters. The highest BCUT2D eigenvalue weighted by Gasteiger charge is 2.23. The molecular formula is C9H15N3O2. The summed E-state index contributed by atoms with van der Waals surface area (Å²) >= 11 is 0. The van der Waals surface area contributed by atoms with Crippen LogP contribution in [0.3, 0.4) is 0 Å². The van der Waals surface area contributed by atoms with Crippen molar-refractivity contribution >= 4 is 0 Å². The zero-order chi connectivity index (χ0) is 9.80. The second-order valence-electron chi connectivity index (χ2n) is 3.51. The highest BCUT2D eigenvalue weighted by Crippen LogP contribution is 2.12. The molecule has 0 aliphatic carbocycles. The van der Waals surface area contributed by atoms with Gasteiger partial charge in [0.1, 0.15) is 0 Å². The number of hydrogen-bond donors (Lipinski definition) is 1. The van der Waals surface area contributed by atoms with Gasteiger partial charge in [0.15, 0.2) is 6.33 Å². The van der Waals surface area contributed by atoms with Gasteiger partial charge in [0, 0.05) is 25.6 Å². The molecule has 5 nitrogen and oxygen atoms in total. The molecule has 0 bridgehead atoms. The van der Waals surface area contributed by atoms with Crippen LogP contribution in [0, 0.1) is 0 Å². The summed E-state index contributed by atoms with van der Waals surface area (Å²) in [7, 11) is 0. The van der Waals surface area contributed by atoms with Gasteiger partial charge in [0.05, 0.1) is 6.10 Å². The SMILES string of the molecule is CC1OCCC1NCCc1ncno1. The Morgan fingerprint density at radius 1 is 1.64 bits per heavy atom. The van der Waals surface area contributed by atoms with Gasteiger partial charge in [-0.2, -0.15) is 4.98 Å². The molecule has 14 heavy (non-hydrogen) atoms. The van der Waals surface area contributed by atoms with Crippen LogP contribution < -0.4 is 5.32 Å². The second kappa shape index (κ2) is 4.52. The van der Waals surface area contributed by atoms with Crippen LogP contribution in [0.25, 0.3) is 0 Å². The van der Waals surface area contributed by atoms with Crippen LogP contribution in [0.4, 0.5) is 0 Å². The average Bonchev–Trinajstić information content (AvgIpc) is 2.78. The second-order valence-corrected chi connectivity index (χ2v) is 3.51. The molecule has 0 saturated carbocycles. The van der Waals surface area contributed by atoms with Crippen molar-refractivity contribution in [3.63, 3.8) is 0 Å². The predicted molar refractivity (Wildman–Crippen MR) is 49.8 cm³/mol. The Bertz CT molecular complexity index is 263. The van der Waals surface area contributed by atoms with Gasteiger partial charge < -0.3 is 14.6 Å². The molecule has 1 aliphatic heterocycles. The van der Waals surface area contributed by atoms with Gasteiger partial charge in [0.25, 0.3) is 0 Å². The molecule has 1 aliphatic rings. The maximum atomic E-state index is 5.44. The predicted octanol–water partition coefficient (Wildman–Crippen LogP) is 0.379. The van der Waals surface area contributed by atoms with E-state index >= 15 is 0 Å². The average molecular weight is 197 g/mol. The lowest BCUT2D eigenvalue weighted by Gasteiger charge is -2.14. The van der Waals surface area contributed by atoms with Crippen molar-refractivity contribution in [2.24, 2.45) is 0 Å². The van der Waals surface area contributed by atoms with E-state index in [9.17, 15) is 0 Å². The minimum atomic E-state index is 0.317. The van der Waals surface area contributed by atoms with Gasteiger partial charge in [-0.05, 0) is 13.3 Å². The van der Waals surface area contributed by atoms with Crippen LogP contribution >= 0.6 is 0 Å². The molecular weight excluding hydrogens is 182 g/mol. The van der Waals surface area contributed by atoms with Crippen molar-refractivity contribution in [3.05, 3.63) is 12.2 Å². The molecule has 2 rings (SSSR count). The molecule has 1 N–H and O–H groups in total. The topological polar surface area (TPSA) is 60.2 Å². The minimum Gasteiger partial charge on any atom is -0.377 e. The van der Waals surface area contributed by atoms with E-state index in [4.69, 9.17) is 9.26 Å². The van der Waals surface area contributed by atoms with E-state index in [1.165, 1.54) is 6.33 Å². The zero-order valence-electron chi connectivity index (χ0n) is 8.27. The maximum Gasteiger partial charge on any atom is 0.227 e. The fourth-order valence-corrected chi connectivity index (χ4v) is 1.67. The van der Waals surface area contributed by atoms with E-state index in [0.717, 1.165) is 26.0 Å². The van der Waals surface area contributed by atoms with E-state index in [2.05, 4.69) is 22.4 Å². The molecule has 1 fully saturated rings. The van der Waals surface area contributed by atoms with Crippen LogP contribution in [0.5, 0.6) is 0 Å². The molecule has 2 atom stereocenters. The molecule has 5 heteroatoms. The molecule has 1 saturated heterocycles. The minimum absolute atomic E-state index is 0.317. The third kappa shape index (κ3) is 2.30. The van der Waals surface area contributed by atoms with E-state index in [-0.39, 0.29) is 0 Å². The first-order valence-corrected chi connectivity index (χ1v) is 4.97. The summed E-state index contributed by atoms with van der Waals surface area (Å²) in [6, 6.07) is 0.470. The standard InChI is InChI=1S/C9H15N3O2/c1-7-8(3-5-13-7)10-4-2-9-11-6-12-14-9/h6-8,10H,2-5H2,1H3. The van der Waals surface area contributed by atoms with Crippen molar-refractivity contribution < 1.29 is 9.26 Å². The van der Waals surface area contributed by atoms with E-state index in [1.54, 1.807) is 0 Å². The van der Waals surface area contributed by atoms with Crippen molar-refractivity contribution in [2.45, 2.75) is 31.9 Å². The van der Waals surface area contributed by atoms with Crippen molar-refractivity contribution in [2.75, 3.05) is 13.2 Å². The fraction of sp³-hybridized carbons (Fsp3) is 0.778. The van der Waals surface area contributed by atoms with Crippen molar-refractivity contribution in [1.82, 2.24) is 15.5 Å². The first-order valence-electron chi connectivity index (χ1n) is 4.97. The summed E-state index contributed by atoms with van der Waals surface area (Å²) in [5.41, 5.74) is 0. The Labute approximate surface area is 82.8 Å². The van der Waals surface area contributed by atoms with E-state index in [1.807, 2.05) is 0 Å². The zero-order valence-corrected chi connectivity index (χ0v) is 8.27. The van der Waals surface area contributed by atoms with Crippen LogP contribution in [0.1, 0.15) is 19.2 Å². The number of nitrogens with one attached hydrogen (secondary N) is 1. The normalized spacial score (nSPS) is 26.9. The Kier molecular flexibility index (Phi) is 3.10. The van der Waals surface area contributed by atoms with Gasteiger partial charge in [0.2, 0.25) is 5.89 Å². The third-order valence-electron chi connectivity index (χ3n) is 2.53. The first kappa shape index (κ1) is 9.61. The molecule has 1 aromatic heterocycles. The summed E-state index contributed by atoms with van der Waals surface area (Å²) in [4.78, 5) is 3.95. The lowest BCUT2D eigenvalue weighted by atomic mass is 10.1. The maximum absolute atomic E-state index is 5.44. The van der Waals surface area contributed by atoms with Crippen LogP contribution in [-0.4, -0.2) is 35.4 Å². The molecule has 78 valence electrons. The summed E-state index contributed by atoms with van der Waals surface area (Å²) in [5.74, 6) is 0.684. The Morgan fingerprint density at radius 3 is 3.21 bits per heavy atom. The smallest absolute Gasteiger partial charge is 0.227 e. The number of ether oxygens (including phenoxy) is 1. The largest absolute Gasteiger partial charge is 0.377 e. The monoisotopic (exact) mass is 197 g/mol. The van der Waals surface area contributed by atoms with Gasteiger partial charge >= 0.3 is 0 Å². The molecule has 0 spiro atoms. The molecule has 1 aromatic rings. The summed E-state index contributed by atoms with van der Waals surface area (Å²) in [6.07, 6.45) is 3.61. The van der Waals surface area contributed by atoms with Crippen molar-refractivity contribution in [3.8, 4) is 0 Å². The lowest BCUT2D eigenvalue weighted by Crippen LogP contribution is -2.35. The van der Waals surface area contributed by atoms with Crippen LogP contribution in [0.15, 0.2) is 10.9 Å². The van der Waals surface area contributed by atoms with Crippen LogP contribution in [0.2, 0.25) is 0 Å². The molecule has 0 aromatic carbocycles. The van der Waals surface area contributed by atoms with Crippen molar-refractivity contribution in [1.29, 1.82) is 0 Å². The molecule has 0 radical (unpaired) electrons. The highest BCUT2D eigenvalue weighted by molar-refractivity contribution is 4.81. The lowest BCUT2D eigenvalue weighted by molar-refractivity contribution is 0.113. The number of nitrogens with zero attached hydrogens (tertiary/aromatic N) is 2. The summed E-state index contributed by atoms with van der Waals surface area (Å²) < 4.78 is 10.3. The van der Waals surface area contributed by atoms with E-state index in [0.29, 0.717) is 18.0 Å². The number of rotatable bonds is 4. The number of aromatic nitrogens is 2. The Hall–Kier alpha value is -0.940. The quantitative estimate of drug-likeness (QED) is 0.756. The summed E-state index contributed by atoms with van der Waals surface area (Å²) in [6.45, 7) is 3.82. The van der Waals surface area contributed by atoms with Gasteiger partial charge in [-0.3, -0.25) is 0 Å². The fourth-order valence-electron chi connectivity index (χ4n) is 1.67.